The minimum absolute atomic E-state index is 0.138. The summed E-state index contributed by atoms with van der Waals surface area (Å²) in [4.78, 5) is 41.7. The van der Waals surface area contributed by atoms with Crippen LogP contribution >= 0.6 is 15.9 Å². The number of hydrogen-bond donors (Lipinski definition) is 5. The van der Waals surface area contributed by atoms with Crippen molar-refractivity contribution in [2.45, 2.75) is 39.7 Å². The summed E-state index contributed by atoms with van der Waals surface area (Å²) in [6.07, 6.45) is 0.138. The van der Waals surface area contributed by atoms with Gasteiger partial charge in [-0.05, 0) is 70.0 Å². The molecule has 0 heterocycles. The summed E-state index contributed by atoms with van der Waals surface area (Å²) >= 11 is 3.01. The molecule has 2 aromatic rings. The van der Waals surface area contributed by atoms with Gasteiger partial charge in [-0.1, -0.05) is 22.0 Å². The Bertz CT molecular complexity index is 1100. The molecule has 0 aliphatic rings. The molecule has 35 heavy (non-hydrogen) atoms. The van der Waals surface area contributed by atoms with Crippen LogP contribution in [0.25, 0.3) is 0 Å². The van der Waals surface area contributed by atoms with Gasteiger partial charge in [-0.15, -0.1) is 0 Å². The minimum atomic E-state index is -1.34. The number of rotatable bonds is 6. The van der Waals surface area contributed by atoms with Gasteiger partial charge in [0.2, 0.25) is 0 Å². The molecule has 12 heteroatoms. The number of benzene rings is 2. The molecule has 0 bridgehead atoms. The summed E-state index contributed by atoms with van der Waals surface area (Å²) in [7, 11) is 0. The molecule has 0 aromatic heterocycles. The van der Waals surface area contributed by atoms with Crippen LogP contribution in [0.2, 0.25) is 0 Å². The first-order valence-corrected chi connectivity index (χ1v) is 10.5. The van der Waals surface area contributed by atoms with Gasteiger partial charge in [-0.2, -0.15) is 0 Å². The fourth-order valence-electron chi connectivity index (χ4n) is 2.09. The molecule has 0 radical (unpaired) electrons. The third-order valence-corrected chi connectivity index (χ3v) is 4.69. The molecule has 0 unspecified atom stereocenters. The summed E-state index contributed by atoms with van der Waals surface area (Å²) in [6.45, 7) is 5.93. The van der Waals surface area contributed by atoms with Gasteiger partial charge in [0, 0.05) is 4.47 Å². The normalized spacial score (nSPS) is 10.7. The van der Waals surface area contributed by atoms with Crippen LogP contribution in [0.15, 0.2) is 40.9 Å². The topological polar surface area (TPSA) is 175 Å². The Morgan fingerprint density at radius 3 is 1.51 bits per heavy atom. The number of nitrogens with two attached hydrogens (primary N) is 1. The van der Waals surface area contributed by atoms with Gasteiger partial charge < -0.3 is 26.2 Å². The molecular weight excluding hydrogens is 536 g/mol. The third kappa shape index (κ3) is 11.1. The average Bonchev–Trinajstić information content (AvgIpc) is 2.67. The first kappa shape index (κ1) is 31.6. The van der Waals surface area contributed by atoms with Gasteiger partial charge in [0.1, 0.15) is 17.2 Å². The van der Waals surface area contributed by atoms with Gasteiger partial charge in [0.15, 0.2) is 0 Å². The molecule has 0 fully saturated rings. The Morgan fingerprint density at radius 1 is 0.800 bits per heavy atom. The standard InChI is InChI=1S/C12H13FO4.C7H4BrFO2.C4H9NO2/c1-12(2,11(16)17)6-7-3-4-8(10(14)15)9(13)5-7;8-4-1-2-5(7(10)11)6(9)3-4;1-4(2,5)3(6)7/h3-5H,6H2,1-2H3,(H,14,15)(H,16,17);1-3H,(H,10,11);5H2,1-2H3,(H,6,7). The fourth-order valence-corrected chi connectivity index (χ4v) is 2.42. The highest BCUT2D eigenvalue weighted by Gasteiger charge is 2.27. The number of aromatic carboxylic acids is 2. The van der Waals surface area contributed by atoms with Gasteiger partial charge in [0.25, 0.3) is 0 Å². The van der Waals surface area contributed by atoms with Crippen molar-refractivity contribution in [3.63, 3.8) is 0 Å². The summed E-state index contributed by atoms with van der Waals surface area (Å²) in [6, 6.07) is 7.44. The Morgan fingerprint density at radius 2 is 1.20 bits per heavy atom. The Labute approximate surface area is 208 Å². The number of carboxylic acids is 4. The van der Waals surface area contributed by atoms with Crippen molar-refractivity contribution < 1.29 is 48.4 Å². The molecule has 0 aliphatic heterocycles. The molecule has 2 rings (SSSR count). The minimum Gasteiger partial charge on any atom is -0.481 e. The largest absolute Gasteiger partial charge is 0.481 e. The zero-order valence-electron chi connectivity index (χ0n) is 19.3. The van der Waals surface area contributed by atoms with Crippen LogP contribution in [-0.2, 0) is 16.0 Å². The van der Waals surface area contributed by atoms with E-state index in [4.69, 9.17) is 26.2 Å². The molecular formula is C23H26BrF2NO8. The molecule has 0 aliphatic carbocycles. The van der Waals surface area contributed by atoms with Crippen molar-refractivity contribution in [1.29, 1.82) is 0 Å². The molecule has 9 nitrogen and oxygen atoms in total. The van der Waals surface area contributed by atoms with Gasteiger partial charge in [0.05, 0.1) is 16.5 Å². The highest BCUT2D eigenvalue weighted by molar-refractivity contribution is 9.10. The van der Waals surface area contributed by atoms with E-state index in [0.717, 1.165) is 18.2 Å². The van der Waals surface area contributed by atoms with Crippen LogP contribution < -0.4 is 5.73 Å². The molecule has 0 saturated heterocycles. The number of halogens is 3. The van der Waals surface area contributed by atoms with Crippen LogP contribution in [0.1, 0.15) is 54.0 Å². The average molecular weight is 562 g/mol. The predicted molar refractivity (Wildman–Crippen MR) is 125 cm³/mol. The lowest BCUT2D eigenvalue weighted by molar-refractivity contribution is -0.147. The summed E-state index contributed by atoms with van der Waals surface area (Å²) in [5, 5.41) is 34.1. The zero-order chi connectivity index (χ0) is 27.7. The van der Waals surface area contributed by atoms with E-state index in [2.05, 4.69) is 15.9 Å². The highest BCUT2D eigenvalue weighted by atomic mass is 79.9. The number of carbonyl (C=O) groups is 4. The van der Waals surface area contributed by atoms with E-state index in [1.54, 1.807) is 0 Å². The van der Waals surface area contributed by atoms with E-state index in [1.807, 2.05) is 0 Å². The van der Waals surface area contributed by atoms with Crippen molar-refractivity contribution >= 4 is 39.8 Å². The molecule has 0 amide bonds. The lowest BCUT2D eigenvalue weighted by Crippen LogP contribution is -2.41. The second-order valence-electron chi connectivity index (χ2n) is 8.44. The van der Waals surface area contributed by atoms with Crippen molar-refractivity contribution in [3.05, 3.63) is 69.2 Å². The fraction of sp³-hybridized carbons (Fsp3) is 0.304. The molecule has 0 spiro atoms. The molecule has 192 valence electrons. The first-order chi connectivity index (χ1) is 15.8. The Hall–Kier alpha value is -3.38. The summed E-state index contributed by atoms with van der Waals surface area (Å²) in [5.41, 5.74) is 2.71. The number of hydrogen-bond acceptors (Lipinski definition) is 5. The maximum absolute atomic E-state index is 13.3. The molecule has 2 aromatic carbocycles. The molecule has 6 N–H and O–H groups in total. The molecule has 0 atom stereocenters. The number of aliphatic carboxylic acids is 2. The monoisotopic (exact) mass is 561 g/mol. The zero-order valence-corrected chi connectivity index (χ0v) is 20.9. The van der Waals surface area contributed by atoms with E-state index in [9.17, 15) is 28.0 Å². The van der Waals surface area contributed by atoms with Crippen molar-refractivity contribution in [2.75, 3.05) is 0 Å². The van der Waals surface area contributed by atoms with Crippen LogP contribution in [0.3, 0.4) is 0 Å². The lowest BCUT2D eigenvalue weighted by atomic mass is 9.86. The van der Waals surface area contributed by atoms with Crippen molar-refractivity contribution in [1.82, 2.24) is 0 Å². The second kappa shape index (κ2) is 12.9. The van der Waals surface area contributed by atoms with Gasteiger partial charge in [-0.3, -0.25) is 9.59 Å². The van der Waals surface area contributed by atoms with E-state index in [-0.39, 0.29) is 12.0 Å². The second-order valence-corrected chi connectivity index (χ2v) is 9.36. The SMILES string of the molecule is CC(C)(Cc1ccc(C(=O)O)c(F)c1)C(=O)O.CC(C)(N)C(=O)O.O=C(O)c1ccc(Br)cc1F. The Kier molecular flexibility index (Phi) is 11.7. The van der Waals surface area contributed by atoms with E-state index in [0.29, 0.717) is 10.0 Å². The van der Waals surface area contributed by atoms with E-state index in [1.165, 1.54) is 45.9 Å². The number of carboxylic acid groups (broad SMARTS) is 4. The smallest absolute Gasteiger partial charge is 0.338 e. The summed E-state index contributed by atoms with van der Waals surface area (Å²) in [5.74, 6) is -6.14. The first-order valence-electron chi connectivity index (χ1n) is 9.75. The molecule has 0 saturated carbocycles. The van der Waals surface area contributed by atoms with Crippen LogP contribution in [0.5, 0.6) is 0 Å². The van der Waals surface area contributed by atoms with E-state index >= 15 is 0 Å². The van der Waals surface area contributed by atoms with Crippen molar-refractivity contribution in [2.24, 2.45) is 11.1 Å². The van der Waals surface area contributed by atoms with Crippen LogP contribution in [0.4, 0.5) is 8.78 Å². The maximum Gasteiger partial charge on any atom is 0.338 e. The van der Waals surface area contributed by atoms with Crippen LogP contribution in [0, 0.1) is 17.0 Å². The maximum atomic E-state index is 13.3. The highest BCUT2D eigenvalue weighted by Crippen LogP contribution is 2.23. The quantitative estimate of drug-likeness (QED) is 0.344. The predicted octanol–water partition coefficient (Wildman–Crippen LogP) is 4.27. The van der Waals surface area contributed by atoms with E-state index < -0.39 is 52.0 Å². The lowest BCUT2D eigenvalue weighted by Gasteiger charge is -2.19. The summed E-state index contributed by atoms with van der Waals surface area (Å²) < 4.78 is 26.6. The van der Waals surface area contributed by atoms with Gasteiger partial charge >= 0.3 is 23.9 Å². The van der Waals surface area contributed by atoms with Crippen LogP contribution in [-0.4, -0.2) is 49.8 Å². The van der Waals surface area contributed by atoms with Gasteiger partial charge in [-0.25, -0.2) is 18.4 Å². The third-order valence-electron chi connectivity index (χ3n) is 4.20. The van der Waals surface area contributed by atoms with Crippen molar-refractivity contribution in [3.8, 4) is 0 Å². The Balaban J connectivity index is 0.000000550.